The van der Waals surface area contributed by atoms with Gasteiger partial charge in [-0.3, -0.25) is 4.79 Å². The summed E-state index contributed by atoms with van der Waals surface area (Å²) >= 11 is 0. The number of rotatable bonds is 15. The first-order chi connectivity index (χ1) is 14.8. The standard InChI is InChI=1S/C26H46O5/c1-26(2,3)25(29)31-19-15-11-7-9-12-16-21-22(24(30-4)20-23(21)28)17-13-8-5-6-10-14-18-27/h9,12-13,17,21-24,27-28H,5-8,10-11,14-16,18-20H2,1-4H3/b12-9-,17-13+/t21?,22-,23+,24-/m0/s1. The van der Waals surface area contributed by atoms with Gasteiger partial charge in [-0.1, -0.05) is 37.1 Å². The van der Waals surface area contributed by atoms with E-state index in [9.17, 15) is 9.90 Å². The minimum absolute atomic E-state index is 0.0801. The molecule has 1 rings (SSSR count). The van der Waals surface area contributed by atoms with Crippen LogP contribution in [0.2, 0.25) is 0 Å². The summed E-state index contributed by atoms with van der Waals surface area (Å²) in [6, 6.07) is 0. The zero-order valence-corrected chi connectivity index (χ0v) is 20.2. The molecule has 1 unspecified atom stereocenters. The molecule has 0 saturated heterocycles. The summed E-state index contributed by atoms with van der Waals surface area (Å²) < 4.78 is 10.9. The molecular formula is C26H46O5. The molecule has 31 heavy (non-hydrogen) atoms. The number of aliphatic hydroxyl groups excluding tert-OH is 2. The Morgan fingerprint density at radius 1 is 1.00 bits per heavy atom. The lowest BCUT2D eigenvalue weighted by atomic mass is 9.89. The van der Waals surface area contributed by atoms with Crippen molar-refractivity contribution in [2.24, 2.45) is 17.3 Å². The molecule has 0 radical (unpaired) electrons. The molecule has 1 aliphatic rings. The van der Waals surface area contributed by atoms with Gasteiger partial charge in [0.05, 0.1) is 24.2 Å². The normalized spacial score (nSPS) is 24.5. The zero-order valence-electron chi connectivity index (χ0n) is 20.2. The molecule has 0 amide bonds. The molecule has 5 heteroatoms. The maximum absolute atomic E-state index is 11.7. The summed E-state index contributed by atoms with van der Waals surface area (Å²) in [5, 5.41) is 19.4. The van der Waals surface area contributed by atoms with E-state index in [0.717, 1.165) is 57.8 Å². The van der Waals surface area contributed by atoms with Gasteiger partial charge in [-0.05, 0) is 71.6 Å². The smallest absolute Gasteiger partial charge is 0.311 e. The largest absolute Gasteiger partial charge is 0.465 e. The van der Waals surface area contributed by atoms with Gasteiger partial charge >= 0.3 is 5.97 Å². The Labute approximate surface area is 189 Å². The van der Waals surface area contributed by atoms with Gasteiger partial charge in [-0.15, -0.1) is 0 Å². The molecule has 0 aromatic carbocycles. The summed E-state index contributed by atoms with van der Waals surface area (Å²) in [4.78, 5) is 11.7. The van der Waals surface area contributed by atoms with Crippen LogP contribution in [0, 0.1) is 17.3 Å². The highest BCUT2D eigenvalue weighted by molar-refractivity contribution is 5.75. The highest BCUT2D eigenvalue weighted by Crippen LogP contribution is 2.38. The number of carbonyl (C=O) groups excluding carboxylic acids is 1. The number of methoxy groups -OCH3 is 1. The monoisotopic (exact) mass is 438 g/mol. The van der Waals surface area contributed by atoms with Crippen LogP contribution in [0.3, 0.4) is 0 Å². The Morgan fingerprint density at radius 3 is 2.35 bits per heavy atom. The maximum Gasteiger partial charge on any atom is 0.311 e. The van der Waals surface area contributed by atoms with Crippen molar-refractivity contribution in [3.05, 3.63) is 24.3 Å². The summed E-state index contributed by atoms with van der Waals surface area (Å²) in [6.45, 7) is 6.36. The van der Waals surface area contributed by atoms with E-state index in [2.05, 4.69) is 24.3 Å². The van der Waals surface area contributed by atoms with Crippen LogP contribution in [0.5, 0.6) is 0 Å². The van der Waals surface area contributed by atoms with E-state index in [-0.39, 0.29) is 36.6 Å². The van der Waals surface area contributed by atoms with Crippen molar-refractivity contribution in [1.29, 1.82) is 0 Å². The lowest BCUT2D eigenvalue weighted by Gasteiger charge is -2.20. The molecule has 0 aromatic heterocycles. The van der Waals surface area contributed by atoms with Gasteiger partial charge in [0.25, 0.3) is 0 Å². The molecule has 2 N–H and O–H groups in total. The Kier molecular flexibility index (Phi) is 14.0. The Hall–Kier alpha value is -1.17. The Bertz CT molecular complexity index is 534. The van der Waals surface area contributed by atoms with E-state index in [1.165, 1.54) is 0 Å². The van der Waals surface area contributed by atoms with E-state index in [4.69, 9.17) is 14.6 Å². The Balaban J connectivity index is 2.33. The molecule has 1 aliphatic carbocycles. The number of carbonyl (C=O) groups is 1. The van der Waals surface area contributed by atoms with Crippen LogP contribution in [-0.2, 0) is 14.3 Å². The fourth-order valence-corrected chi connectivity index (χ4v) is 4.03. The summed E-state index contributed by atoms with van der Waals surface area (Å²) in [5.74, 6) is 0.300. The predicted octanol–water partition coefficient (Wildman–Crippen LogP) is 5.20. The van der Waals surface area contributed by atoms with Gasteiger partial charge in [0.1, 0.15) is 0 Å². The van der Waals surface area contributed by atoms with Crippen molar-refractivity contribution in [2.75, 3.05) is 20.3 Å². The molecule has 0 bridgehead atoms. The number of allylic oxidation sites excluding steroid dienone is 3. The molecule has 1 fully saturated rings. The molecule has 0 heterocycles. The van der Waals surface area contributed by atoms with E-state index in [0.29, 0.717) is 13.0 Å². The third-order valence-electron chi connectivity index (χ3n) is 6.02. The van der Waals surface area contributed by atoms with Crippen LogP contribution >= 0.6 is 0 Å². The van der Waals surface area contributed by atoms with Crippen LogP contribution in [0.1, 0.15) is 85.0 Å². The van der Waals surface area contributed by atoms with Gasteiger partial charge in [-0.25, -0.2) is 0 Å². The predicted molar refractivity (Wildman–Crippen MR) is 126 cm³/mol. The van der Waals surface area contributed by atoms with Crippen LogP contribution in [0.4, 0.5) is 0 Å². The zero-order chi connectivity index (χ0) is 23.1. The van der Waals surface area contributed by atoms with Crippen LogP contribution in [-0.4, -0.2) is 48.7 Å². The molecule has 5 nitrogen and oxygen atoms in total. The van der Waals surface area contributed by atoms with Crippen molar-refractivity contribution in [3.63, 3.8) is 0 Å². The topological polar surface area (TPSA) is 76.0 Å². The van der Waals surface area contributed by atoms with Crippen molar-refractivity contribution < 1.29 is 24.5 Å². The average molecular weight is 439 g/mol. The number of esters is 1. The van der Waals surface area contributed by atoms with Crippen molar-refractivity contribution in [2.45, 2.75) is 97.2 Å². The molecule has 0 aromatic rings. The average Bonchev–Trinajstić information content (AvgIpc) is 3.03. The number of aliphatic hydroxyl groups is 2. The van der Waals surface area contributed by atoms with Crippen molar-refractivity contribution in [1.82, 2.24) is 0 Å². The van der Waals surface area contributed by atoms with Gasteiger partial charge < -0.3 is 19.7 Å². The van der Waals surface area contributed by atoms with Gasteiger partial charge in [0.15, 0.2) is 0 Å². The Morgan fingerprint density at radius 2 is 1.68 bits per heavy atom. The quantitative estimate of drug-likeness (QED) is 0.209. The third kappa shape index (κ3) is 11.3. The molecular weight excluding hydrogens is 392 g/mol. The highest BCUT2D eigenvalue weighted by Gasteiger charge is 2.40. The molecule has 1 saturated carbocycles. The van der Waals surface area contributed by atoms with Gasteiger partial charge in [0, 0.05) is 26.1 Å². The van der Waals surface area contributed by atoms with E-state index >= 15 is 0 Å². The van der Waals surface area contributed by atoms with E-state index < -0.39 is 5.41 Å². The summed E-state index contributed by atoms with van der Waals surface area (Å²) in [7, 11) is 1.73. The van der Waals surface area contributed by atoms with Gasteiger partial charge in [-0.2, -0.15) is 0 Å². The number of hydrogen-bond acceptors (Lipinski definition) is 5. The van der Waals surface area contributed by atoms with Crippen LogP contribution in [0.25, 0.3) is 0 Å². The fraction of sp³-hybridized carbons (Fsp3) is 0.808. The second kappa shape index (κ2) is 15.6. The minimum Gasteiger partial charge on any atom is -0.465 e. The number of ether oxygens (including phenoxy) is 2. The highest BCUT2D eigenvalue weighted by atomic mass is 16.5. The number of unbranched alkanes of at least 4 members (excludes halogenated alkanes) is 6. The van der Waals surface area contributed by atoms with E-state index in [1.807, 2.05) is 20.8 Å². The van der Waals surface area contributed by atoms with E-state index in [1.54, 1.807) is 7.11 Å². The first kappa shape index (κ1) is 27.9. The second-order valence-electron chi connectivity index (χ2n) is 9.76. The molecule has 180 valence electrons. The lowest BCUT2D eigenvalue weighted by molar-refractivity contribution is -0.153. The first-order valence-electron chi connectivity index (χ1n) is 12.1. The van der Waals surface area contributed by atoms with Gasteiger partial charge in [0.2, 0.25) is 0 Å². The second-order valence-corrected chi connectivity index (χ2v) is 9.76. The first-order valence-corrected chi connectivity index (χ1v) is 12.1. The SMILES string of the molecule is CO[C@H]1C[C@@H](O)C(C/C=C\CCCCOC(=O)C(C)(C)C)[C@@H]1/C=C/CCCCCCO. The molecule has 4 atom stereocenters. The van der Waals surface area contributed by atoms with Crippen LogP contribution in [0.15, 0.2) is 24.3 Å². The molecule has 0 spiro atoms. The third-order valence-corrected chi connectivity index (χ3v) is 6.02. The minimum atomic E-state index is -0.438. The van der Waals surface area contributed by atoms with Crippen LogP contribution < -0.4 is 0 Å². The lowest BCUT2D eigenvalue weighted by Crippen LogP contribution is -2.23. The summed E-state index contributed by atoms with van der Waals surface area (Å²) in [5.41, 5.74) is -0.438. The summed E-state index contributed by atoms with van der Waals surface area (Å²) in [6.07, 6.45) is 18.3. The molecule has 0 aliphatic heterocycles. The number of hydrogen-bond donors (Lipinski definition) is 2. The van der Waals surface area contributed by atoms with Crippen molar-refractivity contribution >= 4 is 5.97 Å². The maximum atomic E-state index is 11.7. The fourth-order valence-electron chi connectivity index (χ4n) is 4.03. The van der Waals surface area contributed by atoms with Crippen molar-refractivity contribution in [3.8, 4) is 0 Å².